The molecule has 1 saturated carbocycles. The predicted molar refractivity (Wildman–Crippen MR) is 77.7 cm³/mol. The number of aromatic nitrogens is 1. The molecule has 2 nitrogen and oxygen atoms in total. The van der Waals surface area contributed by atoms with Crippen LogP contribution in [0.15, 0.2) is 48.8 Å². The molecule has 2 aromatic rings. The third-order valence-corrected chi connectivity index (χ3v) is 3.96. The van der Waals surface area contributed by atoms with Crippen LogP contribution < -0.4 is 5.32 Å². The zero-order chi connectivity index (χ0) is 13.9. The van der Waals surface area contributed by atoms with E-state index in [9.17, 15) is 4.39 Å². The summed E-state index contributed by atoms with van der Waals surface area (Å²) in [5.41, 5.74) is 2.41. The SMILES string of the molecule is CC(NC(c1ccc(F)cc1)C1CC1)c1ccncc1. The highest BCUT2D eigenvalue weighted by molar-refractivity contribution is 5.23. The normalized spacial score (nSPS) is 17.7. The molecule has 1 aliphatic rings. The van der Waals surface area contributed by atoms with Gasteiger partial charge in [-0.1, -0.05) is 12.1 Å². The zero-order valence-corrected chi connectivity index (χ0v) is 11.6. The van der Waals surface area contributed by atoms with Crippen molar-refractivity contribution < 1.29 is 4.39 Å². The Balaban J connectivity index is 1.76. The summed E-state index contributed by atoms with van der Waals surface area (Å²) >= 11 is 0. The summed E-state index contributed by atoms with van der Waals surface area (Å²) in [4.78, 5) is 4.05. The van der Waals surface area contributed by atoms with Crippen molar-refractivity contribution in [2.45, 2.75) is 31.8 Å². The number of halogens is 1. The molecule has 20 heavy (non-hydrogen) atoms. The fourth-order valence-corrected chi connectivity index (χ4v) is 2.62. The maximum atomic E-state index is 13.1. The fraction of sp³-hybridized carbons (Fsp3) is 0.353. The van der Waals surface area contributed by atoms with Gasteiger partial charge in [-0.3, -0.25) is 4.98 Å². The van der Waals surface area contributed by atoms with Crippen LogP contribution in [0.4, 0.5) is 4.39 Å². The molecular formula is C17H19FN2. The maximum Gasteiger partial charge on any atom is 0.123 e. The molecule has 0 spiro atoms. The number of pyridine rings is 1. The molecule has 2 unspecified atom stereocenters. The molecule has 0 saturated heterocycles. The lowest BCUT2D eigenvalue weighted by Gasteiger charge is -2.24. The number of rotatable bonds is 5. The van der Waals surface area contributed by atoms with Crippen molar-refractivity contribution >= 4 is 0 Å². The van der Waals surface area contributed by atoms with E-state index in [1.165, 1.54) is 24.0 Å². The van der Waals surface area contributed by atoms with Crippen LogP contribution in [0.2, 0.25) is 0 Å². The number of hydrogen-bond acceptors (Lipinski definition) is 2. The summed E-state index contributed by atoms with van der Waals surface area (Å²) in [6.07, 6.45) is 6.13. The van der Waals surface area contributed by atoms with Crippen molar-refractivity contribution in [2.75, 3.05) is 0 Å². The number of nitrogens with zero attached hydrogens (tertiary/aromatic N) is 1. The highest BCUT2D eigenvalue weighted by Gasteiger charge is 2.33. The van der Waals surface area contributed by atoms with E-state index in [-0.39, 0.29) is 11.9 Å². The lowest BCUT2D eigenvalue weighted by atomic mass is 10.00. The van der Waals surface area contributed by atoms with Crippen LogP contribution in [0.3, 0.4) is 0 Å². The molecule has 3 heteroatoms. The molecule has 1 fully saturated rings. The minimum Gasteiger partial charge on any atom is -0.303 e. The Bertz CT molecular complexity index is 549. The smallest absolute Gasteiger partial charge is 0.123 e. The molecule has 1 aromatic heterocycles. The van der Waals surface area contributed by atoms with E-state index < -0.39 is 0 Å². The van der Waals surface area contributed by atoms with Crippen molar-refractivity contribution in [3.05, 3.63) is 65.7 Å². The second-order valence-corrected chi connectivity index (χ2v) is 5.54. The van der Waals surface area contributed by atoms with Gasteiger partial charge < -0.3 is 5.32 Å². The predicted octanol–water partition coefficient (Wildman–Crippen LogP) is 4.02. The molecular weight excluding hydrogens is 251 g/mol. The quantitative estimate of drug-likeness (QED) is 0.887. The van der Waals surface area contributed by atoms with Crippen molar-refractivity contribution in [1.82, 2.24) is 10.3 Å². The summed E-state index contributed by atoms with van der Waals surface area (Å²) in [7, 11) is 0. The first-order chi connectivity index (χ1) is 9.74. The first kappa shape index (κ1) is 13.3. The van der Waals surface area contributed by atoms with Gasteiger partial charge >= 0.3 is 0 Å². The Labute approximate surface area is 119 Å². The average molecular weight is 270 g/mol. The van der Waals surface area contributed by atoms with E-state index in [4.69, 9.17) is 0 Å². The Hall–Kier alpha value is -1.74. The van der Waals surface area contributed by atoms with Gasteiger partial charge in [0.25, 0.3) is 0 Å². The van der Waals surface area contributed by atoms with Gasteiger partial charge in [0.05, 0.1) is 0 Å². The van der Waals surface area contributed by atoms with Crippen molar-refractivity contribution in [2.24, 2.45) is 5.92 Å². The van der Waals surface area contributed by atoms with E-state index in [0.29, 0.717) is 12.0 Å². The third kappa shape index (κ3) is 3.05. The van der Waals surface area contributed by atoms with Gasteiger partial charge in [-0.25, -0.2) is 4.39 Å². The second kappa shape index (κ2) is 5.71. The molecule has 1 aliphatic carbocycles. The summed E-state index contributed by atoms with van der Waals surface area (Å²) < 4.78 is 13.1. The molecule has 0 amide bonds. The van der Waals surface area contributed by atoms with Crippen LogP contribution >= 0.6 is 0 Å². The average Bonchev–Trinajstić information content (AvgIpc) is 3.31. The monoisotopic (exact) mass is 270 g/mol. The summed E-state index contributed by atoms with van der Waals surface area (Å²) in [5, 5.41) is 3.68. The van der Waals surface area contributed by atoms with Crippen LogP contribution in [0.1, 0.15) is 43.0 Å². The highest BCUT2D eigenvalue weighted by Crippen LogP contribution is 2.42. The summed E-state index contributed by atoms with van der Waals surface area (Å²) in [6.45, 7) is 2.16. The largest absolute Gasteiger partial charge is 0.303 e. The van der Waals surface area contributed by atoms with Gasteiger partial charge in [-0.05, 0) is 61.1 Å². The molecule has 0 aliphatic heterocycles. The molecule has 0 bridgehead atoms. The van der Waals surface area contributed by atoms with Crippen LogP contribution in [0, 0.1) is 11.7 Å². The lowest BCUT2D eigenvalue weighted by Crippen LogP contribution is -2.26. The molecule has 0 radical (unpaired) electrons. The second-order valence-electron chi connectivity index (χ2n) is 5.54. The van der Waals surface area contributed by atoms with Crippen molar-refractivity contribution in [1.29, 1.82) is 0 Å². The third-order valence-electron chi connectivity index (χ3n) is 3.96. The highest BCUT2D eigenvalue weighted by atomic mass is 19.1. The summed E-state index contributed by atoms with van der Waals surface area (Å²) in [6, 6.07) is 11.5. The van der Waals surface area contributed by atoms with Gasteiger partial charge in [0, 0.05) is 24.5 Å². The van der Waals surface area contributed by atoms with Gasteiger partial charge in [0.1, 0.15) is 5.82 Å². The van der Waals surface area contributed by atoms with Gasteiger partial charge in [-0.15, -0.1) is 0 Å². The van der Waals surface area contributed by atoms with Crippen LogP contribution in [0.5, 0.6) is 0 Å². The van der Waals surface area contributed by atoms with Gasteiger partial charge in [0.15, 0.2) is 0 Å². The van der Waals surface area contributed by atoms with E-state index >= 15 is 0 Å². The Kier molecular flexibility index (Phi) is 3.79. The molecule has 1 N–H and O–H groups in total. The van der Waals surface area contributed by atoms with E-state index in [0.717, 1.165) is 0 Å². The fourth-order valence-electron chi connectivity index (χ4n) is 2.62. The standard InChI is InChI=1S/C17H19FN2/c1-12(13-8-10-19-11-9-13)20-17(14-2-3-14)15-4-6-16(18)7-5-15/h4-12,14,17,20H,2-3H2,1H3. The zero-order valence-electron chi connectivity index (χ0n) is 11.6. The molecule has 104 valence electrons. The lowest BCUT2D eigenvalue weighted by molar-refractivity contribution is 0.427. The van der Waals surface area contributed by atoms with Gasteiger partial charge in [-0.2, -0.15) is 0 Å². The van der Waals surface area contributed by atoms with Crippen LogP contribution in [0.25, 0.3) is 0 Å². The molecule has 2 atom stereocenters. The first-order valence-electron chi connectivity index (χ1n) is 7.15. The first-order valence-corrected chi connectivity index (χ1v) is 7.15. The number of nitrogens with one attached hydrogen (secondary N) is 1. The van der Waals surface area contributed by atoms with Crippen molar-refractivity contribution in [3.8, 4) is 0 Å². The number of hydrogen-bond donors (Lipinski definition) is 1. The maximum absolute atomic E-state index is 13.1. The number of benzene rings is 1. The topological polar surface area (TPSA) is 24.9 Å². The molecule has 1 aromatic carbocycles. The van der Waals surface area contributed by atoms with Crippen LogP contribution in [-0.2, 0) is 0 Å². The van der Waals surface area contributed by atoms with E-state index in [2.05, 4.69) is 17.2 Å². The Morgan fingerprint density at radius 2 is 1.70 bits per heavy atom. The molecule has 3 rings (SSSR count). The van der Waals surface area contributed by atoms with Crippen molar-refractivity contribution in [3.63, 3.8) is 0 Å². The van der Waals surface area contributed by atoms with Crippen LogP contribution in [-0.4, -0.2) is 4.98 Å². The molecule has 1 heterocycles. The minimum atomic E-state index is -0.175. The Morgan fingerprint density at radius 1 is 1.05 bits per heavy atom. The van der Waals surface area contributed by atoms with Gasteiger partial charge in [0.2, 0.25) is 0 Å². The van der Waals surface area contributed by atoms with E-state index in [1.807, 2.05) is 36.7 Å². The Morgan fingerprint density at radius 3 is 2.30 bits per heavy atom. The summed E-state index contributed by atoms with van der Waals surface area (Å²) in [5.74, 6) is 0.496. The minimum absolute atomic E-state index is 0.175. The van der Waals surface area contributed by atoms with E-state index in [1.54, 1.807) is 12.1 Å².